The summed E-state index contributed by atoms with van der Waals surface area (Å²) < 4.78 is 5.29. The molecule has 1 saturated heterocycles. The van der Waals surface area contributed by atoms with Gasteiger partial charge in [0.25, 0.3) is 0 Å². The molecule has 0 aromatic heterocycles. The maximum absolute atomic E-state index is 10.4. The molecule has 1 amide bonds. The fourth-order valence-corrected chi connectivity index (χ4v) is 1.06. The Hall–Kier alpha value is -0.570. The van der Waals surface area contributed by atoms with Gasteiger partial charge in [-0.25, -0.2) is 0 Å². The van der Waals surface area contributed by atoms with Crippen molar-refractivity contribution in [3.8, 4) is 0 Å². The highest BCUT2D eigenvalue weighted by molar-refractivity contribution is 5.72. The standard InChI is InChI=1S/C7H13NO2/c1-6(9)8-5-7-3-2-4-10-7/h7H,2-5H2,1H3,(H,8,9)/t7-/m0/s1. The number of hydrogen-bond acceptors (Lipinski definition) is 2. The van der Waals surface area contributed by atoms with Gasteiger partial charge in [0, 0.05) is 20.1 Å². The summed E-state index contributed by atoms with van der Waals surface area (Å²) in [6.45, 7) is 3.05. The third-order valence-corrected chi connectivity index (χ3v) is 1.60. The molecule has 3 heteroatoms. The van der Waals surface area contributed by atoms with Crippen LogP contribution in [0.2, 0.25) is 0 Å². The predicted molar refractivity (Wildman–Crippen MR) is 37.7 cm³/mol. The van der Waals surface area contributed by atoms with Crippen LogP contribution in [0.5, 0.6) is 0 Å². The lowest BCUT2D eigenvalue weighted by molar-refractivity contribution is -0.119. The molecule has 0 radical (unpaired) electrons. The van der Waals surface area contributed by atoms with E-state index in [-0.39, 0.29) is 12.0 Å². The van der Waals surface area contributed by atoms with E-state index in [0.29, 0.717) is 6.54 Å². The number of ether oxygens (including phenoxy) is 1. The lowest BCUT2D eigenvalue weighted by Crippen LogP contribution is -2.29. The molecule has 0 aromatic carbocycles. The average Bonchev–Trinajstić information content (AvgIpc) is 2.34. The molecule has 0 spiro atoms. The molecular formula is C7H13NO2. The molecule has 10 heavy (non-hydrogen) atoms. The Morgan fingerprint density at radius 2 is 2.60 bits per heavy atom. The van der Waals surface area contributed by atoms with Gasteiger partial charge in [-0.3, -0.25) is 4.79 Å². The zero-order chi connectivity index (χ0) is 7.40. The molecule has 0 unspecified atom stereocenters. The van der Waals surface area contributed by atoms with Crippen molar-refractivity contribution in [2.45, 2.75) is 25.9 Å². The molecule has 3 nitrogen and oxygen atoms in total. The summed E-state index contributed by atoms with van der Waals surface area (Å²) in [6.07, 6.45) is 2.48. The van der Waals surface area contributed by atoms with E-state index in [1.165, 1.54) is 6.92 Å². The Bertz CT molecular complexity index is 119. The molecule has 1 aliphatic heterocycles. The fourth-order valence-electron chi connectivity index (χ4n) is 1.06. The van der Waals surface area contributed by atoms with Crippen LogP contribution in [-0.2, 0) is 9.53 Å². The van der Waals surface area contributed by atoms with Gasteiger partial charge in [-0.15, -0.1) is 0 Å². The van der Waals surface area contributed by atoms with Crippen molar-refractivity contribution in [1.82, 2.24) is 5.32 Å². The summed E-state index contributed by atoms with van der Waals surface area (Å²) in [7, 11) is 0. The van der Waals surface area contributed by atoms with Crippen molar-refractivity contribution in [3.63, 3.8) is 0 Å². The highest BCUT2D eigenvalue weighted by atomic mass is 16.5. The van der Waals surface area contributed by atoms with E-state index in [9.17, 15) is 4.79 Å². The SMILES string of the molecule is CC(=O)NC[C@@H]1CCCO1. The molecule has 1 heterocycles. The van der Waals surface area contributed by atoms with Crippen LogP contribution in [-0.4, -0.2) is 25.2 Å². The van der Waals surface area contributed by atoms with Gasteiger partial charge in [0.2, 0.25) is 5.91 Å². The Kier molecular flexibility index (Phi) is 2.68. The van der Waals surface area contributed by atoms with Crippen LogP contribution in [0.1, 0.15) is 19.8 Å². The Balaban J connectivity index is 2.07. The van der Waals surface area contributed by atoms with Crippen LogP contribution < -0.4 is 5.32 Å². The van der Waals surface area contributed by atoms with Crippen molar-refractivity contribution < 1.29 is 9.53 Å². The van der Waals surface area contributed by atoms with Gasteiger partial charge in [0.05, 0.1) is 6.10 Å². The molecule has 1 rings (SSSR count). The second-order valence-electron chi connectivity index (χ2n) is 2.57. The van der Waals surface area contributed by atoms with Gasteiger partial charge in [-0.1, -0.05) is 0 Å². The van der Waals surface area contributed by atoms with Crippen molar-refractivity contribution in [3.05, 3.63) is 0 Å². The third-order valence-electron chi connectivity index (χ3n) is 1.60. The summed E-state index contributed by atoms with van der Waals surface area (Å²) in [4.78, 5) is 10.4. The molecule has 0 aromatic rings. The van der Waals surface area contributed by atoms with E-state index in [0.717, 1.165) is 19.4 Å². The topological polar surface area (TPSA) is 38.3 Å². The maximum atomic E-state index is 10.4. The van der Waals surface area contributed by atoms with Gasteiger partial charge < -0.3 is 10.1 Å². The predicted octanol–water partition coefficient (Wildman–Crippen LogP) is 0.301. The minimum Gasteiger partial charge on any atom is -0.376 e. The Morgan fingerprint density at radius 3 is 3.10 bits per heavy atom. The average molecular weight is 143 g/mol. The van der Waals surface area contributed by atoms with Crippen molar-refractivity contribution in [2.24, 2.45) is 0 Å². The molecule has 1 fully saturated rings. The number of nitrogens with one attached hydrogen (secondary N) is 1. The van der Waals surface area contributed by atoms with E-state index in [2.05, 4.69) is 5.32 Å². The molecular weight excluding hydrogens is 130 g/mol. The zero-order valence-electron chi connectivity index (χ0n) is 6.22. The molecule has 1 aliphatic rings. The molecule has 58 valence electrons. The van der Waals surface area contributed by atoms with Gasteiger partial charge in [-0.05, 0) is 12.8 Å². The van der Waals surface area contributed by atoms with Gasteiger partial charge >= 0.3 is 0 Å². The van der Waals surface area contributed by atoms with Crippen molar-refractivity contribution in [2.75, 3.05) is 13.2 Å². The molecule has 0 bridgehead atoms. The fraction of sp³-hybridized carbons (Fsp3) is 0.857. The monoisotopic (exact) mass is 143 g/mol. The second kappa shape index (κ2) is 3.56. The summed E-state index contributed by atoms with van der Waals surface area (Å²) in [5, 5.41) is 2.72. The Morgan fingerprint density at radius 1 is 1.80 bits per heavy atom. The normalized spacial score (nSPS) is 24.7. The van der Waals surface area contributed by atoms with Crippen LogP contribution in [0.3, 0.4) is 0 Å². The largest absolute Gasteiger partial charge is 0.376 e. The van der Waals surface area contributed by atoms with Crippen LogP contribution >= 0.6 is 0 Å². The zero-order valence-corrected chi connectivity index (χ0v) is 6.22. The third kappa shape index (κ3) is 2.35. The Labute approximate surface area is 60.7 Å². The lowest BCUT2D eigenvalue weighted by atomic mass is 10.2. The smallest absolute Gasteiger partial charge is 0.216 e. The van der Waals surface area contributed by atoms with Gasteiger partial charge in [0.1, 0.15) is 0 Å². The quantitative estimate of drug-likeness (QED) is 0.603. The summed E-state index contributed by atoms with van der Waals surface area (Å²) in [5.74, 6) is 0.0236. The van der Waals surface area contributed by atoms with Gasteiger partial charge in [0.15, 0.2) is 0 Å². The number of amides is 1. The van der Waals surface area contributed by atoms with Crippen LogP contribution in [0, 0.1) is 0 Å². The molecule has 0 saturated carbocycles. The first-order valence-corrected chi connectivity index (χ1v) is 3.65. The molecule has 0 aliphatic carbocycles. The summed E-state index contributed by atoms with van der Waals surface area (Å²) in [5.41, 5.74) is 0. The van der Waals surface area contributed by atoms with E-state index in [1.807, 2.05) is 0 Å². The van der Waals surface area contributed by atoms with E-state index < -0.39 is 0 Å². The summed E-state index contributed by atoms with van der Waals surface area (Å²) in [6, 6.07) is 0. The van der Waals surface area contributed by atoms with Crippen LogP contribution in [0.4, 0.5) is 0 Å². The minimum atomic E-state index is 0.0236. The first-order chi connectivity index (χ1) is 4.79. The molecule has 1 N–H and O–H groups in total. The van der Waals surface area contributed by atoms with Crippen LogP contribution in [0.15, 0.2) is 0 Å². The maximum Gasteiger partial charge on any atom is 0.216 e. The molecule has 1 atom stereocenters. The number of carbonyl (C=O) groups excluding carboxylic acids is 1. The second-order valence-corrected chi connectivity index (χ2v) is 2.57. The minimum absolute atomic E-state index is 0.0236. The highest BCUT2D eigenvalue weighted by Crippen LogP contribution is 2.10. The summed E-state index contributed by atoms with van der Waals surface area (Å²) >= 11 is 0. The van der Waals surface area contributed by atoms with Gasteiger partial charge in [-0.2, -0.15) is 0 Å². The van der Waals surface area contributed by atoms with E-state index in [1.54, 1.807) is 0 Å². The van der Waals surface area contributed by atoms with Crippen molar-refractivity contribution in [1.29, 1.82) is 0 Å². The first kappa shape index (κ1) is 7.54. The van der Waals surface area contributed by atoms with Crippen LogP contribution in [0.25, 0.3) is 0 Å². The van der Waals surface area contributed by atoms with Crippen molar-refractivity contribution >= 4 is 5.91 Å². The number of rotatable bonds is 2. The first-order valence-electron chi connectivity index (χ1n) is 3.65. The number of hydrogen-bond donors (Lipinski definition) is 1. The van der Waals surface area contributed by atoms with E-state index >= 15 is 0 Å². The number of carbonyl (C=O) groups is 1. The highest BCUT2D eigenvalue weighted by Gasteiger charge is 2.14. The lowest BCUT2D eigenvalue weighted by Gasteiger charge is -2.08. The van der Waals surface area contributed by atoms with E-state index in [4.69, 9.17) is 4.74 Å².